The quantitative estimate of drug-likeness (QED) is 0.788. The summed E-state index contributed by atoms with van der Waals surface area (Å²) in [4.78, 5) is 13.5. The lowest BCUT2D eigenvalue weighted by molar-refractivity contribution is 0.0761. The van der Waals surface area contributed by atoms with Crippen LogP contribution in [0.2, 0.25) is 0 Å². The average Bonchev–Trinajstić information content (AvgIpc) is 2.65. The highest BCUT2D eigenvalue weighted by atomic mass is 35.7. The highest BCUT2D eigenvalue weighted by Gasteiger charge is 2.21. The first-order valence-electron chi connectivity index (χ1n) is 6.42. The Morgan fingerprint density at radius 1 is 1.10 bits per heavy atom. The number of hydrogen-bond acceptors (Lipinski definition) is 3. The number of halogens is 2. The van der Waals surface area contributed by atoms with Crippen molar-refractivity contribution in [2.45, 2.75) is 30.6 Å². The smallest absolute Gasteiger partial charge is 0.261 e. The van der Waals surface area contributed by atoms with Gasteiger partial charge in [-0.15, -0.1) is 0 Å². The Morgan fingerprint density at radius 2 is 1.70 bits per heavy atom. The number of rotatable bonds is 2. The minimum atomic E-state index is -4.06. The van der Waals surface area contributed by atoms with E-state index in [1.54, 1.807) is 4.90 Å². The van der Waals surface area contributed by atoms with Gasteiger partial charge in [-0.1, -0.05) is 12.8 Å². The minimum Gasteiger partial charge on any atom is -0.339 e. The van der Waals surface area contributed by atoms with Crippen LogP contribution in [-0.2, 0) is 9.05 Å². The van der Waals surface area contributed by atoms with Crippen molar-refractivity contribution in [2.75, 3.05) is 13.1 Å². The first-order chi connectivity index (χ1) is 9.38. The number of benzene rings is 1. The van der Waals surface area contributed by atoms with Crippen molar-refractivity contribution in [3.8, 4) is 0 Å². The monoisotopic (exact) mass is 319 g/mol. The Hall–Kier alpha value is -1.14. The van der Waals surface area contributed by atoms with Crippen LogP contribution in [0.4, 0.5) is 4.39 Å². The van der Waals surface area contributed by atoms with Crippen LogP contribution >= 0.6 is 10.7 Å². The number of likely N-dealkylation sites (tertiary alicyclic amines) is 1. The second-order valence-corrected chi connectivity index (χ2v) is 7.39. The zero-order chi connectivity index (χ0) is 14.8. The fourth-order valence-electron chi connectivity index (χ4n) is 2.28. The lowest BCUT2D eigenvalue weighted by Gasteiger charge is -2.20. The van der Waals surface area contributed by atoms with Gasteiger partial charge < -0.3 is 4.90 Å². The van der Waals surface area contributed by atoms with Gasteiger partial charge in [-0.05, 0) is 31.0 Å². The molecule has 2 rings (SSSR count). The third kappa shape index (κ3) is 3.70. The van der Waals surface area contributed by atoms with Gasteiger partial charge in [-0.3, -0.25) is 4.79 Å². The van der Waals surface area contributed by atoms with Gasteiger partial charge in [0.15, 0.2) is 0 Å². The van der Waals surface area contributed by atoms with Crippen molar-refractivity contribution in [1.29, 1.82) is 0 Å². The topological polar surface area (TPSA) is 54.5 Å². The molecule has 0 bridgehead atoms. The van der Waals surface area contributed by atoms with Gasteiger partial charge in [-0.25, -0.2) is 12.8 Å². The Morgan fingerprint density at radius 3 is 2.25 bits per heavy atom. The molecule has 0 spiro atoms. The number of nitrogens with zero attached hydrogens (tertiary/aromatic N) is 1. The lowest BCUT2D eigenvalue weighted by atomic mass is 10.2. The van der Waals surface area contributed by atoms with E-state index in [-0.39, 0.29) is 11.5 Å². The summed E-state index contributed by atoms with van der Waals surface area (Å²) in [6.07, 6.45) is 3.94. The molecular weight excluding hydrogens is 305 g/mol. The molecule has 0 atom stereocenters. The van der Waals surface area contributed by atoms with Gasteiger partial charge in [0, 0.05) is 29.3 Å². The molecule has 0 aromatic heterocycles. The average molecular weight is 320 g/mol. The Bertz CT molecular complexity index is 610. The maximum absolute atomic E-state index is 13.5. The molecule has 1 aromatic carbocycles. The molecule has 0 saturated carbocycles. The van der Waals surface area contributed by atoms with Crippen molar-refractivity contribution in [2.24, 2.45) is 0 Å². The zero-order valence-corrected chi connectivity index (χ0v) is 12.4. The summed E-state index contributed by atoms with van der Waals surface area (Å²) in [6.45, 7) is 1.22. The molecule has 0 aliphatic carbocycles. The van der Waals surface area contributed by atoms with Gasteiger partial charge in [0.05, 0.1) is 4.90 Å². The summed E-state index contributed by atoms with van der Waals surface area (Å²) in [6, 6.07) is 2.97. The molecule has 0 unspecified atom stereocenters. The third-order valence-corrected chi connectivity index (χ3v) is 4.63. The third-order valence-electron chi connectivity index (χ3n) is 3.29. The van der Waals surface area contributed by atoms with E-state index >= 15 is 0 Å². The Kier molecular flexibility index (Phi) is 4.65. The van der Waals surface area contributed by atoms with Gasteiger partial charge >= 0.3 is 0 Å². The van der Waals surface area contributed by atoms with Crippen LogP contribution in [0.1, 0.15) is 36.0 Å². The van der Waals surface area contributed by atoms with Crippen LogP contribution < -0.4 is 0 Å². The predicted octanol–water partition coefficient (Wildman–Crippen LogP) is 2.77. The van der Waals surface area contributed by atoms with Gasteiger partial charge in [0.2, 0.25) is 0 Å². The summed E-state index contributed by atoms with van der Waals surface area (Å²) in [5.74, 6) is -1.14. The number of hydrogen-bond donors (Lipinski definition) is 0. The van der Waals surface area contributed by atoms with Crippen LogP contribution in [0.5, 0.6) is 0 Å². The number of carbonyl (C=O) groups excluding carboxylic acids is 1. The summed E-state index contributed by atoms with van der Waals surface area (Å²) in [5.41, 5.74) is 0.0196. The lowest BCUT2D eigenvalue weighted by Crippen LogP contribution is -2.32. The van der Waals surface area contributed by atoms with Gasteiger partial charge in [-0.2, -0.15) is 0 Å². The van der Waals surface area contributed by atoms with Crippen molar-refractivity contribution in [3.63, 3.8) is 0 Å². The summed E-state index contributed by atoms with van der Waals surface area (Å²) < 4.78 is 36.0. The van der Waals surface area contributed by atoms with E-state index in [1.807, 2.05) is 0 Å². The molecule has 1 heterocycles. The minimum absolute atomic E-state index is 0.0196. The highest BCUT2D eigenvalue weighted by molar-refractivity contribution is 8.13. The molecule has 1 saturated heterocycles. The zero-order valence-electron chi connectivity index (χ0n) is 10.8. The van der Waals surface area contributed by atoms with E-state index in [1.165, 1.54) is 0 Å². The largest absolute Gasteiger partial charge is 0.339 e. The maximum atomic E-state index is 13.5. The predicted molar refractivity (Wildman–Crippen MR) is 73.8 cm³/mol. The second-order valence-electron chi connectivity index (χ2n) is 4.82. The maximum Gasteiger partial charge on any atom is 0.261 e. The van der Waals surface area contributed by atoms with Crippen molar-refractivity contribution in [3.05, 3.63) is 29.6 Å². The van der Waals surface area contributed by atoms with Gasteiger partial charge in [0.25, 0.3) is 15.0 Å². The van der Waals surface area contributed by atoms with E-state index in [2.05, 4.69) is 0 Å². The van der Waals surface area contributed by atoms with E-state index in [0.717, 1.165) is 43.9 Å². The molecule has 1 aliphatic heterocycles. The van der Waals surface area contributed by atoms with E-state index in [4.69, 9.17) is 10.7 Å². The Balaban J connectivity index is 2.32. The summed E-state index contributed by atoms with van der Waals surface area (Å²) in [5, 5.41) is 0. The first-order valence-corrected chi connectivity index (χ1v) is 8.73. The fourth-order valence-corrected chi connectivity index (χ4v) is 3.07. The van der Waals surface area contributed by atoms with Crippen LogP contribution in [0.15, 0.2) is 23.1 Å². The SMILES string of the molecule is O=C(c1cc(F)cc(S(=O)(=O)Cl)c1)N1CCCCCC1. The van der Waals surface area contributed by atoms with E-state index in [0.29, 0.717) is 13.1 Å². The van der Waals surface area contributed by atoms with E-state index in [9.17, 15) is 17.6 Å². The van der Waals surface area contributed by atoms with Gasteiger partial charge in [0.1, 0.15) is 5.82 Å². The molecule has 4 nitrogen and oxygen atoms in total. The van der Waals surface area contributed by atoms with Crippen molar-refractivity contribution in [1.82, 2.24) is 4.90 Å². The fraction of sp³-hybridized carbons (Fsp3) is 0.462. The number of amides is 1. The molecule has 1 fully saturated rings. The standard InChI is InChI=1S/C13H15ClFNO3S/c14-20(18,19)12-8-10(7-11(15)9-12)13(17)16-5-3-1-2-4-6-16/h7-9H,1-6H2. The highest BCUT2D eigenvalue weighted by Crippen LogP contribution is 2.20. The molecule has 110 valence electrons. The Labute approximate surface area is 121 Å². The second kappa shape index (κ2) is 6.10. The first kappa shape index (κ1) is 15.3. The molecule has 0 N–H and O–H groups in total. The van der Waals surface area contributed by atoms with Crippen LogP contribution in [0, 0.1) is 5.82 Å². The van der Waals surface area contributed by atoms with E-state index < -0.39 is 19.8 Å². The van der Waals surface area contributed by atoms with Crippen LogP contribution in [0.3, 0.4) is 0 Å². The van der Waals surface area contributed by atoms with Crippen LogP contribution in [-0.4, -0.2) is 32.3 Å². The normalized spacial score (nSPS) is 16.8. The summed E-state index contributed by atoms with van der Waals surface area (Å²) in [7, 11) is 1.14. The molecule has 20 heavy (non-hydrogen) atoms. The van der Waals surface area contributed by atoms with Crippen molar-refractivity contribution < 1.29 is 17.6 Å². The summed E-state index contributed by atoms with van der Waals surface area (Å²) >= 11 is 0. The van der Waals surface area contributed by atoms with Crippen LogP contribution in [0.25, 0.3) is 0 Å². The molecular formula is C13H15ClFNO3S. The molecule has 1 aliphatic rings. The molecule has 1 amide bonds. The molecule has 0 radical (unpaired) electrons. The van der Waals surface area contributed by atoms with Crippen molar-refractivity contribution >= 4 is 25.6 Å². The number of carbonyl (C=O) groups is 1. The molecule has 1 aromatic rings. The molecule has 7 heteroatoms.